The summed E-state index contributed by atoms with van der Waals surface area (Å²) >= 11 is 11.7. The molecule has 0 radical (unpaired) electrons. The van der Waals surface area contributed by atoms with Gasteiger partial charge in [-0.3, -0.25) is 0 Å². The zero-order chi connectivity index (χ0) is 19.9. The Morgan fingerprint density at radius 3 is 1.27 bits per heavy atom. The van der Waals surface area contributed by atoms with Crippen LogP contribution in [0.15, 0.2) is 48.5 Å². The Labute approximate surface area is 204 Å². The second-order valence-corrected chi connectivity index (χ2v) is 9.13. The fourth-order valence-corrected chi connectivity index (χ4v) is 4.59. The Kier molecular flexibility index (Phi) is 12.7. The van der Waals surface area contributed by atoms with Crippen LogP contribution in [0.4, 0.5) is 0 Å². The largest absolute Gasteiger partial charge is 0.314 e. The monoisotopic (exact) mass is 490 g/mol. The average Bonchev–Trinajstić information content (AvgIpc) is 2.70. The maximum Gasteiger partial charge on any atom is 0.0406 e. The Morgan fingerprint density at radius 1 is 0.633 bits per heavy atom. The van der Waals surface area contributed by atoms with Crippen LogP contribution in [0.25, 0.3) is 0 Å². The van der Waals surface area contributed by atoms with Crippen molar-refractivity contribution in [2.75, 3.05) is 13.1 Å². The van der Waals surface area contributed by atoms with E-state index in [1.165, 1.54) is 36.8 Å². The first-order valence-corrected chi connectivity index (χ1v) is 11.2. The fraction of sp³-hybridized carbons (Fsp3) is 0.500. The summed E-state index contributed by atoms with van der Waals surface area (Å²) in [6.45, 7) is 6.77. The van der Waals surface area contributed by atoms with Gasteiger partial charge in [-0.2, -0.15) is 0 Å². The van der Waals surface area contributed by atoms with Crippen LogP contribution in [0.3, 0.4) is 0 Å². The minimum atomic E-state index is 0. The maximum absolute atomic E-state index is 5.87. The summed E-state index contributed by atoms with van der Waals surface area (Å²) in [6, 6.07) is 17.9. The van der Waals surface area contributed by atoms with E-state index in [1.807, 2.05) is 24.3 Å². The minimum Gasteiger partial charge on any atom is -0.314 e. The Balaban J connectivity index is 0.000000281. The third-order valence-electron chi connectivity index (χ3n) is 5.93. The quantitative estimate of drug-likeness (QED) is 0.462. The number of halogens is 4. The molecule has 2 N–H and O–H groups in total. The lowest BCUT2D eigenvalue weighted by molar-refractivity contribution is 0.381. The van der Waals surface area contributed by atoms with Gasteiger partial charge in [0.05, 0.1) is 0 Å². The third-order valence-corrected chi connectivity index (χ3v) is 6.43. The summed E-state index contributed by atoms with van der Waals surface area (Å²) in [7, 11) is 0. The van der Waals surface area contributed by atoms with Gasteiger partial charge >= 0.3 is 0 Å². The van der Waals surface area contributed by atoms with Crippen LogP contribution < -0.4 is 10.6 Å². The molecule has 30 heavy (non-hydrogen) atoms. The molecule has 2 aliphatic rings. The Hall–Kier alpha value is -0.480. The third kappa shape index (κ3) is 8.57. The molecule has 0 bridgehead atoms. The first-order chi connectivity index (χ1) is 13.5. The van der Waals surface area contributed by atoms with Gasteiger partial charge in [0, 0.05) is 22.1 Å². The zero-order valence-electron chi connectivity index (χ0n) is 17.7. The van der Waals surface area contributed by atoms with Gasteiger partial charge in [-0.05, 0) is 99.8 Å². The van der Waals surface area contributed by atoms with Gasteiger partial charge in [0.1, 0.15) is 0 Å². The number of piperidine rings is 2. The number of hydrogen-bond acceptors (Lipinski definition) is 2. The summed E-state index contributed by atoms with van der Waals surface area (Å²) in [5, 5.41) is 8.59. The molecule has 2 fully saturated rings. The molecule has 4 rings (SSSR count). The number of hydrogen-bond donors (Lipinski definition) is 2. The van der Waals surface area contributed by atoms with Crippen LogP contribution in [0.5, 0.6) is 0 Å². The van der Waals surface area contributed by atoms with Crippen LogP contribution in [0.1, 0.15) is 62.5 Å². The molecule has 0 saturated carbocycles. The Morgan fingerprint density at radius 2 is 0.967 bits per heavy atom. The molecule has 2 nitrogen and oxygen atoms in total. The van der Waals surface area contributed by atoms with Crippen molar-refractivity contribution >= 4 is 48.0 Å². The predicted octanol–water partition coefficient (Wildman–Crippen LogP) is 7.23. The van der Waals surface area contributed by atoms with Gasteiger partial charge < -0.3 is 10.6 Å². The fourth-order valence-electron chi connectivity index (χ4n) is 4.34. The van der Waals surface area contributed by atoms with Crippen LogP contribution in [-0.4, -0.2) is 25.2 Å². The normalized spacial score (nSPS) is 25.7. The molecular formula is C24H34Cl4N2. The smallest absolute Gasteiger partial charge is 0.0406 e. The van der Waals surface area contributed by atoms with Crippen molar-refractivity contribution in [2.45, 2.75) is 63.5 Å². The van der Waals surface area contributed by atoms with E-state index in [9.17, 15) is 0 Å². The van der Waals surface area contributed by atoms with Crippen molar-refractivity contribution in [1.29, 1.82) is 0 Å². The van der Waals surface area contributed by atoms with Gasteiger partial charge in [-0.1, -0.05) is 47.5 Å². The summed E-state index contributed by atoms with van der Waals surface area (Å²) < 4.78 is 0. The van der Waals surface area contributed by atoms with E-state index in [2.05, 4.69) is 48.7 Å². The molecular weight excluding hydrogens is 458 g/mol. The molecule has 0 aliphatic carbocycles. The molecule has 2 aromatic rings. The van der Waals surface area contributed by atoms with Gasteiger partial charge in [0.2, 0.25) is 0 Å². The molecule has 2 aliphatic heterocycles. The molecule has 2 heterocycles. The molecule has 2 aromatic carbocycles. The predicted molar refractivity (Wildman–Crippen MR) is 136 cm³/mol. The van der Waals surface area contributed by atoms with E-state index in [-0.39, 0.29) is 24.8 Å². The highest BCUT2D eigenvalue weighted by Gasteiger charge is 2.20. The van der Waals surface area contributed by atoms with Crippen LogP contribution >= 0.6 is 48.0 Å². The summed E-state index contributed by atoms with van der Waals surface area (Å²) in [5.74, 6) is 1.42. The van der Waals surface area contributed by atoms with Crippen LogP contribution in [0, 0.1) is 0 Å². The number of rotatable bonds is 2. The lowest BCUT2D eigenvalue weighted by atomic mass is 9.87. The van der Waals surface area contributed by atoms with Crippen molar-refractivity contribution in [3.8, 4) is 0 Å². The summed E-state index contributed by atoms with van der Waals surface area (Å²) in [4.78, 5) is 0. The highest BCUT2D eigenvalue weighted by atomic mass is 35.5. The standard InChI is InChI=1S/2C12H16ClN.2ClH/c2*1-9-8-11(6-7-14-9)10-2-4-12(13)5-3-10;;/h2*2-5,9,11,14H,6-8H2,1H3;2*1H. The summed E-state index contributed by atoms with van der Waals surface area (Å²) in [6.07, 6.45) is 4.96. The van der Waals surface area contributed by atoms with Crippen LogP contribution in [-0.2, 0) is 0 Å². The molecule has 168 valence electrons. The van der Waals surface area contributed by atoms with Gasteiger partial charge in [0.25, 0.3) is 0 Å². The molecule has 0 amide bonds. The molecule has 4 unspecified atom stereocenters. The van der Waals surface area contributed by atoms with Gasteiger partial charge in [0.15, 0.2) is 0 Å². The number of benzene rings is 2. The molecule has 2 saturated heterocycles. The van der Waals surface area contributed by atoms with E-state index in [0.29, 0.717) is 23.9 Å². The molecule has 4 atom stereocenters. The minimum absolute atomic E-state index is 0. The van der Waals surface area contributed by atoms with E-state index in [4.69, 9.17) is 23.2 Å². The lowest BCUT2D eigenvalue weighted by Gasteiger charge is -2.28. The average molecular weight is 492 g/mol. The van der Waals surface area contributed by atoms with E-state index < -0.39 is 0 Å². The van der Waals surface area contributed by atoms with Crippen molar-refractivity contribution in [3.05, 3.63) is 69.7 Å². The first-order valence-electron chi connectivity index (χ1n) is 10.5. The SMILES string of the molecule is CC1CC(c2ccc(Cl)cc2)CCN1.CC1CC(c2ccc(Cl)cc2)CCN1.Cl.Cl. The second kappa shape index (κ2) is 13.8. The number of nitrogens with one attached hydrogen (secondary N) is 2. The molecule has 0 aromatic heterocycles. The maximum atomic E-state index is 5.87. The van der Waals surface area contributed by atoms with E-state index >= 15 is 0 Å². The Bertz CT molecular complexity index is 657. The topological polar surface area (TPSA) is 24.1 Å². The zero-order valence-corrected chi connectivity index (χ0v) is 20.9. The lowest BCUT2D eigenvalue weighted by Crippen LogP contribution is -2.34. The van der Waals surface area contributed by atoms with Crippen LogP contribution in [0.2, 0.25) is 10.0 Å². The van der Waals surface area contributed by atoms with E-state index in [1.54, 1.807) is 0 Å². The summed E-state index contributed by atoms with van der Waals surface area (Å²) in [5.41, 5.74) is 2.87. The van der Waals surface area contributed by atoms with Crippen molar-refractivity contribution in [2.24, 2.45) is 0 Å². The second-order valence-electron chi connectivity index (χ2n) is 8.26. The van der Waals surface area contributed by atoms with Crippen molar-refractivity contribution in [1.82, 2.24) is 10.6 Å². The first kappa shape index (κ1) is 27.6. The molecule has 6 heteroatoms. The van der Waals surface area contributed by atoms with E-state index in [0.717, 1.165) is 23.1 Å². The highest BCUT2D eigenvalue weighted by Crippen LogP contribution is 2.29. The van der Waals surface area contributed by atoms with Crippen molar-refractivity contribution < 1.29 is 0 Å². The highest BCUT2D eigenvalue weighted by molar-refractivity contribution is 6.30. The van der Waals surface area contributed by atoms with Gasteiger partial charge in [-0.15, -0.1) is 24.8 Å². The molecule has 0 spiro atoms. The van der Waals surface area contributed by atoms with Gasteiger partial charge in [-0.25, -0.2) is 0 Å². The van der Waals surface area contributed by atoms with Crippen molar-refractivity contribution in [3.63, 3.8) is 0 Å².